The lowest BCUT2D eigenvalue weighted by Crippen LogP contribution is -2.03. The quantitative estimate of drug-likeness (QED) is 0.528. The zero-order valence-electron chi connectivity index (χ0n) is 12.7. The normalized spacial score (nSPS) is 11.1. The summed E-state index contributed by atoms with van der Waals surface area (Å²) in [6, 6.07) is 14.0. The minimum absolute atomic E-state index is 0.754. The van der Waals surface area contributed by atoms with Gasteiger partial charge in [-0.05, 0) is 60.9 Å². The number of nitrogens with zero attached hydrogens (tertiary/aromatic N) is 1. The maximum absolute atomic E-state index is 6.16. The number of fused-ring (bicyclic) bond motifs is 1. The number of hydrogen-bond acceptors (Lipinski definition) is 0. The SMILES string of the molecule is C=C(C)c1c(C)c2cc(Cl)ccc2n1Cc1ccc(Cl)cc1. The summed E-state index contributed by atoms with van der Waals surface area (Å²) < 4.78 is 2.30. The number of hydrogen-bond donors (Lipinski definition) is 0. The van der Waals surface area contributed by atoms with Gasteiger partial charge in [-0.2, -0.15) is 0 Å². The van der Waals surface area contributed by atoms with Crippen molar-refractivity contribution in [1.82, 2.24) is 4.57 Å². The summed E-state index contributed by atoms with van der Waals surface area (Å²) in [5, 5.41) is 2.69. The molecule has 0 radical (unpaired) electrons. The first-order valence-electron chi connectivity index (χ1n) is 7.16. The highest BCUT2D eigenvalue weighted by molar-refractivity contribution is 6.31. The lowest BCUT2D eigenvalue weighted by molar-refractivity contribution is 0.820. The van der Waals surface area contributed by atoms with E-state index in [1.165, 1.54) is 27.7 Å². The van der Waals surface area contributed by atoms with Crippen LogP contribution in [-0.2, 0) is 6.54 Å². The number of aromatic nitrogens is 1. The maximum Gasteiger partial charge on any atom is 0.0492 e. The highest BCUT2D eigenvalue weighted by Crippen LogP contribution is 2.32. The number of rotatable bonds is 3. The molecule has 22 heavy (non-hydrogen) atoms. The van der Waals surface area contributed by atoms with Crippen LogP contribution in [0.5, 0.6) is 0 Å². The van der Waals surface area contributed by atoms with E-state index in [4.69, 9.17) is 23.2 Å². The summed E-state index contributed by atoms with van der Waals surface area (Å²) in [5.74, 6) is 0. The van der Waals surface area contributed by atoms with E-state index in [1.54, 1.807) is 0 Å². The second-order valence-corrected chi connectivity index (χ2v) is 6.50. The van der Waals surface area contributed by atoms with Crippen molar-refractivity contribution in [2.75, 3.05) is 0 Å². The van der Waals surface area contributed by atoms with E-state index in [2.05, 4.69) is 36.3 Å². The first-order valence-corrected chi connectivity index (χ1v) is 7.91. The van der Waals surface area contributed by atoms with E-state index in [0.717, 1.165) is 22.2 Å². The molecule has 2 aromatic carbocycles. The molecule has 0 aliphatic heterocycles. The molecular weight excluding hydrogens is 313 g/mol. The zero-order chi connectivity index (χ0) is 15.9. The highest BCUT2D eigenvalue weighted by Gasteiger charge is 2.15. The molecule has 3 aromatic rings. The van der Waals surface area contributed by atoms with Crippen molar-refractivity contribution in [2.24, 2.45) is 0 Å². The van der Waals surface area contributed by atoms with Crippen LogP contribution in [-0.4, -0.2) is 4.57 Å². The molecule has 0 fully saturated rings. The Morgan fingerprint density at radius 1 is 1.05 bits per heavy atom. The molecule has 1 heterocycles. The van der Waals surface area contributed by atoms with Gasteiger partial charge >= 0.3 is 0 Å². The van der Waals surface area contributed by atoms with E-state index >= 15 is 0 Å². The topological polar surface area (TPSA) is 4.93 Å². The first-order chi connectivity index (χ1) is 10.5. The van der Waals surface area contributed by atoms with Crippen LogP contribution in [0.2, 0.25) is 10.0 Å². The average Bonchev–Trinajstić information content (AvgIpc) is 2.74. The molecule has 0 spiro atoms. The second-order valence-electron chi connectivity index (χ2n) is 5.63. The molecule has 0 aliphatic carbocycles. The number of halogens is 2. The Morgan fingerprint density at radius 2 is 1.68 bits per heavy atom. The van der Waals surface area contributed by atoms with Crippen LogP contribution in [0.25, 0.3) is 16.5 Å². The molecule has 1 aromatic heterocycles. The maximum atomic E-state index is 6.16. The number of allylic oxidation sites excluding steroid dienone is 1. The minimum atomic E-state index is 0.754. The second kappa shape index (κ2) is 5.83. The molecular formula is C19H17Cl2N. The largest absolute Gasteiger partial charge is 0.336 e. The van der Waals surface area contributed by atoms with Gasteiger partial charge in [0.05, 0.1) is 0 Å². The smallest absolute Gasteiger partial charge is 0.0492 e. The average molecular weight is 330 g/mol. The van der Waals surface area contributed by atoms with Gasteiger partial charge in [0.15, 0.2) is 0 Å². The molecule has 0 atom stereocenters. The molecule has 0 unspecified atom stereocenters. The Bertz CT molecular complexity index is 857. The fraction of sp³-hybridized carbons (Fsp3) is 0.158. The molecule has 0 bridgehead atoms. The molecule has 3 heteroatoms. The zero-order valence-corrected chi connectivity index (χ0v) is 14.2. The Labute approximate surface area is 140 Å². The van der Waals surface area contributed by atoms with Gasteiger partial charge in [0, 0.05) is 33.2 Å². The Balaban J connectivity index is 2.20. The summed E-state index contributed by atoms with van der Waals surface area (Å²) in [4.78, 5) is 0. The van der Waals surface area contributed by atoms with Gasteiger partial charge in [0.25, 0.3) is 0 Å². The number of benzene rings is 2. The lowest BCUT2D eigenvalue weighted by Gasteiger charge is -2.12. The van der Waals surface area contributed by atoms with Crippen molar-refractivity contribution in [3.63, 3.8) is 0 Å². The Hall–Kier alpha value is -1.70. The Kier molecular flexibility index (Phi) is 4.03. The molecule has 0 saturated heterocycles. The van der Waals surface area contributed by atoms with E-state index in [0.29, 0.717) is 0 Å². The number of aryl methyl sites for hydroxylation is 1. The predicted molar refractivity (Wildman–Crippen MR) is 96.9 cm³/mol. The third-order valence-electron chi connectivity index (χ3n) is 3.94. The molecule has 0 saturated carbocycles. The van der Waals surface area contributed by atoms with Gasteiger partial charge < -0.3 is 4.57 Å². The molecule has 0 aliphatic rings. The van der Waals surface area contributed by atoms with Gasteiger partial charge in [-0.3, -0.25) is 0 Å². The van der Waals surface area contributed by atoms with Crippen molar-refractivity contribution in [1.29, 1.82) is 0 Å². The molecule has 3 rings (SSSR count). The summed E-state index contributed by atoms with van der Waals surface area (Å²) in [6.45, 7) is 9.10. The minimum Gasteiger partial charge on any atom is -0.336 e. The summed E-state index contributed by atoms with van der Waals surface area (Å²) in [7, 11) is 0. The predicted octanol–water partition coefficient (Wildman–Crippen LogP) is 6.34. The summed E-state index contributed by atoms with van der Waals surface area (Å²) >= 11 is 12.1. The summed E-state index contributed by atoms with van der Waals surface area (Å²) in [5.41, 5.74) is 5.83. The highest BCUT2D eigenvalue weighted by atomic mass is 35.5. The van der Waals surface area contributed by atoms with Crippen LogP contribution in [0.1, 0.15) is 23.7 Å². The van der Waals surface area contributed by atoms with Crippen LogP contribution in [0, 0.1) is 6.92 Å². The van der Waals surface area contributed by atoms with Gasteiger partial charge in [0.2, 0.25) is 0 Å². The van der Waals surface area contributed by atoms with E-state index in [-0.39, 0.29) is 0 Å². The Morgan fingerprint density at radius 3 is 2.32 bits per heavy atom. The van der Waals surface area contributed by atoms with Crippen LogP contribution in [0.3, 0.4) is 0 Å². The third kappa shape index (κ3) is 2.67. The van der Waals surface area contributed by atoms with Gasteiger partial charge in [-0.15, -0.1) is 0 Å². The van der Waals surface area contributed by atoms with Crippen molar-refractivity contribution in [3.8, 4) is 0 Å². The van der Waals surface area contributed by atoms with Crippen molar-refractivity contribution >= 4 is 39.7 Å². The van der Waals surface area contributed by atoms with Crippen molar-refractivity contribution in [2.45, 2.75) is 20.4 Å². The van der Waals surface area contributed by atoms with Crippen LogP contribution in [0.4, 0.5) is 0 Å². The van der Waals surface area contributed by atoms with Gasteiger partial charge in [-0.25, -0.2) is 0 Å². The molecule has 0 N–H and O–H groups in total. The van der Waals surface area contributed by atoms with E-state index in [9.17, 15) is 0 Å². The fourth-order valence-corrected chi connectivity index (χ4v) is 3.28. The van der Waals surface area contributed by atoms with Gasteiger partial charge in [0.1, 0.15) is 0 Å². The molecule has 0 amide bonds. The van der Waals surface area contributed by atoms with Crippen LogP contribution >= 0.6 is 23.2 Å². The third-order valence-corrected chi connectivity index (χ3v) is 4.42. The van der Waals surface area contributed by atoms with E-state index in [1.807, 2.05) is 31.2 Å². The van der Waals surface area contributed by atoms with Crippen LogP contribution in [0.15, 0.2) is 49.0 Å². The van der Waals surface area contributed by atoms with Crippen molar-refractivity contribution < 1.29 is 0 Å². The monoisotopic (exact) mass is 329 g/mol. The van der Waals surface area contributed by atoms with Crippen molar-refractivity contribution in [3.05, 3.63) is 75.9 Å². The van der Waals surface area contributed by atoms with Crippen LogP contribution < -0.4 is 0 Å². The molecule has 112 valence electrons. The lowest BCUT2D eigenvalue weighted by atomic mass is 10.1. The van der Waals surface area contributed by atoms with E-state index < -0.39 is 0 Å². The first kappa shape index (κ1) is 15.2. The fourth-order valence-electron chi connectivity index (χ4n) is 2.98. The molecule has 1 nitrogen and oxygen atoms in total. The van der Waals surface area contributed by atoms with Gasteiger partial charge in [-0.1, -0.05) is 41.9 Å². The standard InChI is InChI=1S/C19H17Cl2N/c1-12(2)19-13(3)17-10-16(21)8-9-18(17)22(19)11-14-4-6-15(20)7-5-14/h4-10H,1,11H2,2-3H3. The summed E-state index contributed by atoms with van der Waals surface area (Å²) in [6.07, 6.45) is 0.